The molecule has 2 aromatic heterocycles. The lowest BCUT2D eigenvalue weighted by Crippen LogP contribution is -2.30. The minimum absolute atomic E-state index is 0.00751. The molecule has 1 aliphatic rings. The summed E-state index contributed by atoms with van der Waals surface area (Å²) >= 11 is 1.43. The van der Waals surface area contributed by atoms with E-state index in [0.29, 0.717) is 17.6 Å². The highest BCUT2D eigenvalue weighted by molar-refractivity contribution is 7.13. The Hall–Kier alpha value is -2.61. The maximum Gasteiger partial charge on any atom is 0.328 e. The fourth-order valence-electron chi connectivity index (χ4n) is 4.05. The number of anilines is 1. The van der Waals surface area contributed by atoms with Crippen molar-refractivity contribution in [3.8, 4) is 5.75 Å². The number of thiazole rings is 1. The smallest absolute Gasteiger partial charge is 0.328 e. The van der Waals surface area contributed by atoms with Crippen LogP contribution in [0.5, 0.6) is 5.75 Å². The largest absolute Gasteiger partial charge is 0.497 e. The standard InChI is InChI=1S/C20H24N4O3S/c1-23-16-8-7-15(27-2)11-17(16)24(20(23)26)12-13-3-5-14(6-4-13)18(25)22-19-21-9-10-28-19/h7-11,13-14H,3-6,12H2,1-2H3,(H,21,22,25). The summed E-state index contributed by atoms with van der Waals surface area (Å²) in [5, 5.41) is 5.41. The first-order valence-electron chi connectivity index (χ1n) is 9.50. The van der Waals surface area contributed by atoms with Crippen molar-refractivity contribution in [3.63, 3.8) is 0 Å². The van der Waals surface area contributed by atoms with Gasteiger partial charge in [0.05, 0.1) is 18.1 Å². The molecule has 0 atom stereocenters. The highest BCUT2D eigenvalue weighted by atomic mass is 32.1. The van der Waals surface area contributed by atoms with Crippen LogP contribution in [0.25, 0.3) is 11.0 Å². The number of ether oxygens (including phenoxy) is 1. The molecule has 1 fully saturated rings. The molecule has 7 nitrogen and oxygen atoms in total. The van der Waals surface area contributed by atoms with E-state index in [0.717, 1.165) is 42.5 Å². The minimum atomic E-state index is -0.00751. The molecule has 0 saturated heterocycles. The lowest BCUT2D eigenvalue weighted by Gasteiger charge is -2.27. The predicted molar refractivity (Wildman–Crippen MR) is 110 cm³/mol. The molecule has 4 rings (SSSR count). The van der Waals surface area contributed by atoms with E-state index in [9.17, 15) is 9.59 Å². The lowest BCUT2D eigenvalue weighted by atomic mass is 9.81. The molecule has 3 aromatic rings. The van der Waals surface area contributed by atoms with Crippen molar-refractivity contribution in [3.05, 3.63) is 40.3 Å². The number of fused-ring (bicyclic) bond motifs is 1. The van der Waals surface area contributed by atoms with Crippen LogP contribution in [0.2, 0.25) is 0 Å². The van der Waals surface area contributed by atoms with E-state index in [1.54, 1.807) is 24.9 Å². The van der Waals surface area contributed by atoms with Gasteiger partial charge in [-0.25, -0.2) is 9.78 Å². The number of methoxy groups -OCH3 is 1. The van der Waals surface area contributed by atoms with Crippen LogP contribution in [0.1, 0.15) is 25.7 Å². The van der Waals surface area contributed by atoms with E-state index in [-0.39, 0.29) is 17.5 Å². The normalized spacial score (nSPS) is 19.6. The Morgan fingerprint density at radius 3 is 2.75 bits per heavy atom. The molecule has 2 heterocycles. The summed E-state index contributed by atoms with van der Waals surface area (Å²) in [6.07, 6.45) is 5.23. The van der Waals surface area contributed by atoms with Gasteiger partial charge < -0.3 is 10.1 Å². The number of amides is 1. The van der Waals surface area contributed by atoms with Gasteiger partial charge in [-0.05, 0) is 43.7 Å². The van der Waals surface area contributed by atoms with Gasteiger partial charge in [0.2, 0.25) is 5.91 Å². The molecule has 0 spiro atoms. The Labute approximate surface area is 167 Å². The molecular weight excluding hydrogens is 376 g/mol. The Morgan fingerprint density at radius 2 is 2.07 bits per heavy atom. The summed E-state index contributed by atoms with van der Waals surface area (Å²) in [4.78, 5) is 29.3. The fourth-order valence-corrected chi connectivity index (χ4v) is 4.58. The van der Waals surface area contributed by atoms with E-state index in [1.807, 2.05) is 28.1 Å². The van der Waals surface area contributed by atoms with E-state index in [1.165, 1.54) is 11.3 Å². The zero-order valence-electron chi connectivity index (χ0n) is 16.1. The van der Waals surface area contributed by atoms with Crippen LogP contribution in [0.3, 0.4) is 0 Å². The third kappa shape index (κ3) is 3.56. The van der Waals surface area contributed by atoms with Gasteiger partial charge >= 0.3 is 5.69 Å². The van der Waals surface area contributed by atoms with Crippen LogP contribution in [0, 0.1) is 11.8 Å². The second-order valence-electron chi connectivity index (χ2n) is 7.35. The summed E-state index contributed by atoms with van der Waals surface area (Å²) < 4.78 is 8.85. The van der Waals surface area contributed by atoms with Crippen LogP contribution in [0.15, 0.2) is 34.6 Å². The maximum absolute atomic E-state index is 12.7. The van der Waals surface area contributed by atoms with Crippen molar-refractivity contribution >= 4 is 33.4 Å². The molecule has 8 heteroatoms. The molecule has 1 saturated carbocycles. The summed E-state index contributed by atoms with van der Waals surface area (Å²) in [5.74, 6) is 1.21. The van der Waals surface area contributed by atoms with Crippen molar-refractivity contribution in [2.45, 2.75) is 32.2 Å². The first-order chi connectivity index (χ1) is 13.6. The molecule has 1 amide bonds. The number of aryl methyl sites for hydroxylation is 1. The SMILES string of the molecule is COc1ccc2c(c1)n(CC1CCC(C(=O)Nc3nccs3)CC1)c(=O)n2C. The lowest BCUT2D eigenvalue weighted by molar-refractivity contribution is -0.121. The molecule has 0 unspecified atom stereocenters. The average molecular weight is 401 g/mol. The number of hydrogen-bond donors (Lipinski definition) is 1. The van der Waals surface area contributed by atoms with Crippen molar-refractivity contribution < 1.29 is 9.53 Å². The highest BCUT2D eigenvalue weighted by Gasteiger charge is 2.27. The monoisotopic (exact) mass is 400 g/mol. The van der Waals surface area contributed by atoms with E-state index >= 15 is 0 Å². The first-order valence-corrected chi connectivity index (χ1v) is 10.4. The number of imidazole rings is 1. The number of benzene rings is 1. The molecule has 0 radical (unpaired) electrons. The minimum Gasteiger partial charge on any atom is -0.497 e. The van der Waals surface area contributed by atoms with E-state index in [2.05, 4.69) is 10.3 Å². The zero-order valence-corrected chi connectivity index (χ0v) is 16.9. The van der Waals surface area contributed by atoms with Crippen LogP contribution in [0.4, 0.5) is 5.13 Å². The van der Waals surface area contributed by atoms with Crippen LogP contribution < -0.4 is 15.7 Å². The molecule has 148 valence electrons. The maximum atomic E-state index is 12.7. The average Bonchev–Trinajstić information content (AvgIpc) is 3.31. The number of aromatic nitrogens is 3. The number of rotatable bonds is 5. The molecule has 1 N–H and O–H groups in total. The molecular formula is C20H24N4O3S. The van der Waals surface area contributed by atoms with Gasteiger partial charge in [0.1, 0.15) is 5.75 Å². The zero-order chi connectivity index (χ0) is 19.7. The highest BCUT2D eigenvalue weighted by Crippen LogP contribution is 2.31. The third-order valence-corrected chi connectivity index (χ3v) is 6.36. The third-order valence-electron chi connectivity index (χ3n) is 5.67. The van der Waals surface area contributed by atoms with Gasteiger partial charge in [-0.1, -0.05) is 0 Å². The summed E-state index contributed by atoms with van der Waals surface area (Å²) in [6, 6.07) is 5.72. The van der Waals surface area contributed by atoms with Crippen LogP contribution in [-0.2, 0) is 18.4 Å². The summed E-state index contributed by atoms with van der Waals surface area (Å²) in [6.45, 7) is 0.671. The Bertz CT molecular complexity index is 1030. The number of carbonyl (C=O) groups excluding carboxylic acids is 1. The molecule has 0 bridgehead atoms. The Balaban J connectivity index is 1.44. The van der Waals surface area contributed by atoms with Gasteiger partial charge in [0, 0.05) is 37.2 Å². The van der Waals surface area contributed by atoms with Gasteiger partial charge in [0.15, 0.2) is 5.13 Å². The quantitative estimate of drug-likeness (QED) is 0.713. The first kappa shape index (κ1) is 18.7. The van der Waals surface area contributed by atoms with Gasteiger partial charge in [-0.2, -0.15) is 0 Å². The number of carbonyl (C=O) groups is 1. The number of nitrogens with one attached hydrogen (secondary N) is 1. The molecule has 28 heavy (non-hydrogen) atoms. The molecule has 1 aromatic carbocycles. The Kier molecular flexibility index (Phi) is 5.21. The van der Waals surface area contributed by atoms with E-state index in [4.69, 9.17) is 4.74 Å². The van der Waals surface area contributed by atoms with Crippen LogP contribution in [-0.4, -0.2) is 27.1 Å². The topological polar surface area (TPSA) is 78.2 Å². The summed E-state index contributed by atoms with van der Waals surface area (Å²) in [7, 11) is 3.43. The van der Waals surface area contributed by atoms with Crippen molar-refractivity contribution in [1.29, 1.82) is 0 Å². The van der Waals surface area contributed by atoms with Crippen molar-refractivity contribution in [1.82, 2.24) is 14.1 Å². The van der Waals surface area contributed by atoms with Gasteiger partial charge in [-0.3, -0.25) is 13.9 Å². The van der Waals surface area contributed by atoms with Gasteiger partial charge in [0.25, 0.3) is 0 Å². The second kappa shape index (κ2) is 7.79. The van der Waals surface area contributed by atoms with Crippen molar-refractivity contribution in [2.24, 2.45) is 18.9 Å². The molecule has 0 aliphatic heterocycles. The number of hydrogen-bond acceptors (Lipinski definition) is 5. The molecule has 1 aliphatic carbocycles. The second-order valence-corrected chi connectivity index (χ2v) is 8.25. The number of nitrogens with zero attached hydrogens (tertiary/aromatic N) is 3. The van der Waals surface area contributed by atoms with Crippen molar-refractivity contribution in [2.75, 3.05) is 12.4 Å². The fraction of sp³-hybridized carbons (Fsp3) is 0.450. The Morgan fingerprint density at radius 1 is 1.29 bits per heavy atom. The van der Waals surface area contributed by atoms with E-state index < -0.39 is 0 Å². The van der Waals surface area contributed by atoms with Gasteiger partial charge in [-0.15, -0.1) is 11.3 Å². The van der Waals surface area contributed by atoms with Crippen LogP contribution >= 0.6 is 11.3 Å². The summed E-state index contributed by atoms with van der Waals surface area (Å²) in [5.41, 5.74) is 1.80. The predicted octanol–water partition coefficient (Wildman–Crippen LogP) is 3.25.